The Labute approximate surface area is 163 Å². The van der Waals surface area contributed by atoms with Crippen LogP contribution >= 0.6 is 11.6 Å². The van der Waals surface area contributed by atoms with Gasteiger partial charge in [0, 0.05) is 16.8 Å². The Morgan fingerprint density at radius 3 is 2.67 bits per heavy atom. The Hall–Kier alpha value is -2.25. The van der Waals surface area contributed by atoms with Gasteiger partial charge < -0.3 is 9.64 Å². The molecule has 0 saturated heterocycles. The molecule has 0 bridgehead atoms. The fraction of sp³-hybridized carbons (Fsp3) is 0.316. The molecule has 0 spiro atoms. The quantitative estimate of drug-likeness (QED) is 0.769. The number of para-hydroxylation sites is 1. The van der Waals surface area contributed by atoms with Gasteiger partial charge in [0.1, 0.15) is 5.75 Å². The maximum atomic E-state index is 13.3. The number of halogens is 1. The van der Waals surface area contributed by atoms with Crippen molar-refractivity contribution in [3.05, 3.63) is 53.1 Å². The number of benzene rings is 2. The molecule has 0 N–H and O–H groups in total. The molecule has 2 aromatic rings. The molecule has 2 heterocycles. The Balaban J connectivity index is 1.71. The molecule has 0 aromatic heterocycles. The number of carbonyl (C=O) groups excluding carboxylic acids is 1. The van der Waals surface area contributed by atoms with E-state index in [1.807, 2.05) is 31.2 Å². The molecule has 27 heavy (non-hydrogen) atoms. The van der Waals surface area contributed by atoms with E-state index in [2.05, 4.69) is 0 Å². The van der Waals surface area contributed by atoms with Crippen LogP contribution in [-0.4, -0.2) is 39.3 Å². The van der Waals surface area contributed by atoms with Gasteiger partial charge in [0.2, 0.25) is 10.0 Å². The van der Waals surface area contributed by atoms with Gasteiger partial charge in [-0.15, -0.1) is 0 Å². The molecule has 0 saturated carbocycles. The highest BCUT2D eigenvalue weighted by Gasteiger charge is 2.40. The maximum Gasteiger partial charge on any atom is 0.270 e. The first-order valence-corrected chi connectivity index (χ1v) is 10.8. The number of carbonyl (C=O) groups is 1. The summed E-state index contributed by atoms with van der Waals surface area (Å²) in [6.45, 7) is 1.89. The molecule has 0 aliphatic carbocycles. The zero-order valence-electron chi connectivity index (χ0n) is 14.9. The lowest BCUT2D eigenvalue weighted by Gasteiger charge is -2.36. The van der Waals surface area contributed by atoms with Crippen molar-refractivity contribution in [3.63, 3.8) is 0 Å². The summed E-state index contributed by atoms with van der Waals surface area (Å²) >= 11 is 6.02. The summed E-state index contributed by atoms with van der Waals surface area (Å²) in [5.74, 6) is 0.0799. The van der Waals surface area contributed by atoms with Crippen LogP contribution in [-0.2, 0) is 21.2 Å². The summed E-state index contributed by atoms with van der Waals surface area (Å²) in [5.41, 5.74) is 2.30. The fourth-order valence-corrected chi connectivity index (χ4v) is 4.80. The normalized spacial score (nSPS) is 21.4. The third kappa shape index (κ3) is 3.15. The van der Waals surface area contributed by atoms with Crippen LogP contribution in [0, 0.1) is 0 Å². The van der Waals surface area contributed by atoms with Crippen LogP contribution in [0.3, 0.4) is 0 Å². The van der Waals surface area contributed by atoms with E-state index in [0.29, 0.717) is 16.5 Å². The highest BCUT2D eigenvalue weighted by molar-refractivity contribution is 7.92. The van der Waals surface area contributed by atoms with Crippen molar-refractivity contribution < 1.29 is 17.9 Å². The SMILES string of the molecule is CC1Cc2ccccc2N1C(=O)C1CN(S(C)(=O)=O)c2cc(Cl)ccc2O1. The highest BCUT2D eigenvalue weighted by atomic mass is 35.5. The van der Waals surface area contributed by atoms with Gasteiger partial charge in [-0.3, -0.25) is 9.10 Å². The molecule has 8 heteroatoms. The molecule has 142 valence electrons. The molecule has 2 unspecified atom stereocenters. The number of fused-ring (bicyclic) bond motifs is 2. The Morgan fingerprint density at radius 1 is 1.19 bits per heavy atom. The largest absolute Gasteiger partial charge is 0.476 e. The lowest BCUT2D eigenvalue weighted by atomic mass is 10.1. The second-order valence-corrected chi connectivity index (χ2v) is 9.25. The number of rotatable bonds is 2. The predicted molar refractivity (Wildman–Crippen MR) is 105 cm³/mol. The average Bonchev–Trinajstić information content (AvgIpc) is 2.95. The van der Waals surface area contributed by atoms with Gasteiger partial charge in [-0.1, -0.05) is 29.8 Å². The van der Waals surface area contributed by atoms with Crippen molar-refractivity contribution in [2.24, 2.45) is 0 Å². The summed E-state index contributed by atoms with van der Waals surface area (Å²) in [6.07, 6.45) is 0.941. The van der Waals surface area contributed by atoms with Gasteiger partial charge in [0.05, 0.1) is 18.5 Å². The maximum absolute atomic E-state index is 13.3. The number of ether oxygens (including phenoxy) is 1. The van der Waals surface area contributed by atoms with Gasteiger partial charge >= 0.3 is 0 Å². The molecule has 2 aliphatic heterocycles. The summed E-state index contributed by atoms with van der Waals surface area (Å²) in [5, 5.41) is 0.401. The van der Waals surface area contributed by atoms with Crippen LogP contribution in [0.2, 0.25) is 5.02 Å². The number of hydrogen-bond donors (Lipinski definition) is 0. The van der Waals surface area contributed by atoms with E-state index >= 15 is 0 Å². The van der Waals surface area contributed by atoms with Gasteiger partial charge in [0.25, 0.3) is 5.91 Å². The molecular weight excluding hydrogens is 388 g/mol. The number of nitrogens with zero attached hydrogens (tertiary/aromatic N) is 2. The second kappa shape index (κ2) is 6.42. The standard InChI is InChI=1S/C19H19ClN2O4S/c1-12-9-13-5-3-4-6-15(13)22(12)19(23)18-11-21(27(2,24)25)16-10-14(20)7-8-17(16)26-18/h3-8,10,12,18H,9,11H2,1-2H3. The molecular formula is C19H19ClN2O4S. The Morgan fingerprint density at radius 2 is 1.93 bits per heavy atom. The van der Waals surface area contributed by atoms with Crippen LogP contribution < -0.4 is 13.9 Å². The number of anilines is 2. The molecule has 1 amide bonds. The van der Waals surface area contributed by atoms with Crippen LogP contribution in [0.4, 0.5) is 11.4 Å². The van der Waals surface area contributed by atoms with Gasteiger partial charge in [-0.2, -0.15) is 0 Å². The Bertz CT molecular complexity index is 1020. The van der Waals surface area contributed by atoms with Crippen molar-refractivity contribution in [1.29, 1.82) is 0 Å². The number of amides is 1. The lowest BCUT2D eigenvalue weighted by molar-refractivity contribution is -0.125. The van der Waals surface area contributed by atoms with E-state index < -0.39 is 16.1 Å². The monoisotopic (exact) mass is 406 g/mol. The Kier molecular flexibility index (Phi) is 4.31. The molecule has 6 nitrogen and oxygen atoms in total. The van der Waals surface area contributed by atoms with E-state index in [4.69, 9.17) is 16.3 Å². The highest BCUT2D eigenvalue weighted by Crippen LogP contribution is 2.39. The van der Waals surface area contributed by atoms with E-state index in [0.717, 1.165) is 23.9 Å². The van der Waals surface area contributed by atoms with Crippen molar-refractivity contribution in [2.45, 2.75) is 25.5 Å². The molecule has 2 atom stereocenters. The van der Waals surface area contributed by atoms with Crippen LogP contribution in [0.25, 0.3) is 0 Å². The summed E-state index contributed by atoms with van der Waals surface area (Å²) in [4.78, 5) is 15.0. The van der Waals surface area contributed by atoms with E-state index in [-0.39, 0.29) is 18.5 Å². The summed E-state index contributed by atoms with van der Waals surface area (Å²) in [6, 6.07) is 12.5. The number of sulfonamides is 1. The van der Waals surface area contributed by atoms with Crippen LogP contribution in [0.5, 0.6) is 5.75 Å². The van der Waals surface area contributed by atoms with E-state index in [9.17, 15) is 13.2 Å². The third-order valence-corrected chi connectivity index (χ3v) is 6.29. The smallest absolute Gasteiger partial charge is 0.270 e. The third-order valence-electron chi connectivity index (χ3n) is 4.91. The predicted octanol–water partition coefficient (Wildman–Crippen LogP) is 2.84. The second-order valence-electron chi connectivity index (χ2n) is 6.90. The van der Waals surface area contributed by atoms with Gasteiger partial charge in [-0.25, -0.2) is 8.42 Å². The zero-order valence-corrected chi connectivity index (χ0v) is 16.5. The van der Waals surface area contributed by atoms with Crippen molar-refractivity contribution in [1.82, 2.24) is 0 Å². The van der Waals surface area contributed by atoms with Crippen molar-refractivity contribution in [2.75, 3.05) is 22.0 Å². The topological polar surface area (TPSA) is 66.9 Å². The first kappa shape index (κ1) is 18.1. The zero-order chi connectivity index (χ0) is 19.3. The minimum Gasteiger partial charge on any atom is -0.476 e. The molecule has 0 radical (unpaired) electrons. The van der Waals surface area contributed by atoms with E-state index in [1.165, 1.54) is 10.4 Å². The molecule has 4 rings (SSSR count). The molecule has 2 aromatic carbocycles. The summed E-state index contributed by atoms with van der Waals surface area (Å²) in [7, 11) is -3.60. The fourth-order valence-electron chi connectivity index (χ4n) is 3.72. The average molecular weight is 407 g/mol. The molecule has 2 aliphatic rings. The van der Waals surface area contributed by atoms with Crippen LogP contribution in [0.15, 0.2) is 42.5 Å². The molecule has 0 fully saturated rings. The first-order valence-electron chi connectivity index (χ1n) is 8.60. The summed E-state index contributed by atoms with van der Waals surface area (Å²) < 4.78 is 31.7. The van der Waals surface area contributed by atoms with Crippen molar-refractivity contribution >= 4 is 38.9 Å². The van der Waals surface area contributed by atoms with Gasteiger partial charge in [0.15, 0.2) is 6.10 Å². The number of hydrogen-bond acceptors (Lipinski definition) is 4. The van der Waals surface area contributed by atoms with Crippen molar-refractivity contribution in [3.8, 4) is 5.75 Å². The lowest BCUT2D eigenvalue weighted by Crippen LogP contribution is -2.53. The van der Waals surface area contributed by atoms with Gasteiger partial charge in [-0.05, 0) is 43.2 Å². The first-order chi connectivity index (χ1) is 12.8. The minimum absolute atomic E-state index is 0.0169. The van der Waals surface area contributed by atoms with E-state index in [1.54, 1.807) is 17.0 Å². The van der Waals surface area contributed by atoms with Crippen LogP contribution in [0.1, 0.15) is 12.5 Å². The minimum atomic E-state index is -3.60.